The summed E-state index contributed by atoms with van der Waals surface area (Å²) < 4.78 is 2.14. The van der Waals surface area contributed by atoms with Gasteiger partial charge in [-0.3, -0.25) is 9.59 Å². The maximum Gasteiger partial charge on any atom is 0.255 e. The number of anilines is 1. The first-order valence-electron chi connectivity index (χ1n) is 10.4. The van der Waals surface area contributed by atoms with Crippen molar-refractivity contribution in [3.05, 3.63) is 83.2 Å². The van der Waals surface area contributed by atoms with Crippen molar-refractivity contribution in [2.75, 3.05) is 31.1 Å². The van der Waals surface area contributed by atoms with Crippen molar-refractivity contribution in [2.45, 2.75) is 20.8 Å². The smallest absolute Gasteiger partial charge is 0.255 e. The Morgan fingerprint density at radius 2 is 1.43 bits per heavy atom. The summed E-state index contributed by atoms with van der Waals surface area (Å²) >= 11 is 0. The van der Waals surface area contributed by atoms with Gasteiger partial charge in [0.05, 0.1) is 5.56 Å². The zero-order chi connectivity index (χ0) is 21.3. The molecule has 2 aromatic carbocycles. The van der Waals surface area contributed by atoms with Crippen LogP contribution in [0.2, 0.25) is 0 Å². The van der Waals surface area contributed by atoms with Crippen LogP contribution in [-0.4, -0.2) is 47.3 Å². The van der Waals surface area contributed by atoms with E-state index in [0.717, 1.165) is 47.0 Å². The maximum absolute atomic E-state index is 13.2. The number of carbonyl (C=O) groups is 2. The van der Waals surface area contributed by atoms with E-state index in [4.69, 9.17) is 0 Å². The number of Topliss-reactive ketones (excluding diaryl/α,β-unsaturated/α-hetero) is 1. The van der Waals surface area contributed by atoms with Crippen LogP contribution in [0.5, 0.6) is 0 Å². The van der Waals surface area contributed by atoms with Gasteiger partial charge in [-0.05, 0) is 63.2 Å². The van der Waals surface area contributed by atoms with Gasteiger partial charge in [-0.1, -0.05) is 18.2 Å². The van der Waals surface area contributed by atoms with Crippen LogP contribution in [0.15, 0.2) is 60.7 Å². The van der Waals surface area contributed by atoms with E-state index in [9.17, 15) is 9.59 Å². The highest BCUT2D eigenvalue weighted by atomic mass is 16.2. The number of piperazine rings is 1. The van der Waals surface area contributed by atoms with E-state index < -0.39 is 0 Å². The van der Waals surface area contributed by atoms with Crippen molar-refractivity contribution >= 4 is 17.4 Å². The lowest BCUT2D eigenvalue weighted by Crippen LogP contribution is -2.48. The van der Waals surface area contributed by atoms with Gasteiger partial charge in [-0.2, -0.15) is 0 Å². The summed E-state index contributed by atoms with van der Waals surface area (Å²) in [5.41, 5.74) is 5.70. The molecular weight excluding hydrogens is 374 g/mol. The zero-order valence-electron chi connectivity index (χ0n) is 17.8. The monoisotopic (exact) mass is 401 g/mol. The molecule has 1 saturated heterocycles. The lowest BCUT2D eigenvalue weighted by Gasteiger charge is -2.36. The van der Waals surface area contributed by atoms with Gasteiger partial charge in [-0.15, -0.1) is 0 Å². The van der Waals surface area contributed by atoms with Crippen molar-refractivity contribution in [3.8, 4) is 5.69 Å². The standard InChI is InChI=1S/C25H27N3O2/c1-18-17-24(19(2)28(18)23-7-5-4-6-8-23)25(30)27-15-13-26(14-16-27)22-11-9-21(10-12-22)20(3)29/h4-12,17H,13-16H2,1-3H3. The van der Waals surface area contributed by atoms with Crippen molar-refractivity contribution < 1.29 is 9.59 Å². The second-order valence-corrected chi connectivity index (χ2v) is 7.84. The Hall–Kier alpha value is -3.34. The first-order chi connectivity index (χ1) is 14.5. The Kier molecular flexibility index (Phi) is 5.44. The van der Waals surface area contributed by atoms with Crippen LogP contribution in [0.4, 0.5) is 5.69 Å². The van der Waals surface area contributed by atoms with Crippen LogP contribution >= 0.6 is 0 Å². The Bertz CT molecular complexity index is 1060. The molecule has 3 aromatic rings. The summed E-state index contributed by atoms with van der Waals surface area (Å²) in [6, 6.07) is 19.9. The zero-order valence-corrected chi connectivity index (χ0v) is 17.8. The van der Waals surface area contributed by atoms with Gasteiger partial charge in [-0.25, -0.2) is 0 Å². The lowest BCUT2D eigenvalue weighted by molar-refractivity contribution is 0.0746. The summed E-state index contributed by atoms with van der Waals surface area (Å²) in [5.74, 6) is 0.168. The normalized spacial score (nSPS) is 14.1. The molecule has 154 valence electrons. The van der Waals surface area contributed by atoms with E-state index >= 15 is 0 Å². The van der Waals surface area contributed by atoms with E-state index in [1.165, 1.54) is 0 Å². The Labute approximate surface area is 177 Å². The van der Waals surface area contributed by atoms with Gasteiger partial charge in [0.15, 0.2) is 5.78 Å². The van der Waals surface area contributed by atoms with Crippen LogP contribution in [0.3, 0.4) is 0 Å². The van der Waals surface area contributed by atoms with Crippen LogP contribution in [-0.2, 0) is 0 Å². The summed E-state index contributed by atoms with van der Waals surface area (Å²) in [6.07, 6.45) is 0. The molecule has 1 aliphatic heterocycles. The number of carbonyl (C=O) groups excluding carboxylic acids is 2. The Morgan fingerprint density at radius 3 is 2.03 bits per heavy atom. The minimum atomic E-state index is 0.0741. The topological polar surface area (TPSA) is 45.6 Å². The van der Waals surface area contributed by atoms with Crippen molar-refractivity contribution in [2.24, 2.45) is 0 Å². The number of nitrogens with zero attached hydrogens (tertiary/aromatic N) is 3. The summed E-state index contributed by atoms with van der Waals surface area (Å²) in [4.78, 5) is 28.9. The van der Waals surface area contributed by atoms with Crippen molar-refractivity contribution in [1.29, 1.82) is 0 Å². The number of para-hydroxylation sites is 1. The third-order valence-corrected chi connectivity index (χ3v) is 5.88. The van der Waals surface area contributed by atoms with E-state index in [0.29, 0.717) is 13.1 Å². The van der Waals surface area contributed by atoms with Crippen LogP contribution in [0.25, 0.3) is 5.69 Å². The molecule has 1 aliphatic rings. The highest BCUT2D eigenvalue weighted by Crippen LogP contribution is 2.23. The summed E-state index contributed by atoms with van der Waals surface area (Å²) in [7, 11) is 0. The maximum atomic E-state index is 13.2. The van der Waals surface area contributed by atoms with Gasteiger partial charge in [0.1, 0.15) is 0 Å². The first kappa shape index (κ1) is 20.0. The fourth-order valence-electron chi connectivity index (χ4n) is 4.20. The second-order valence-electron chi connectivity index (χ2n) is 7.84. The summed E-state index contributed by atoms with van der Waals surface area (Å²) in [5, 5.41) is 0. The fraction of sp³-hybridized carbons (Fsp3) is 0.280. The highest BCUT2D eigenvalue weighted by molar-refractivity contribution is 5.96. The number of ketones is 1. The van der Waals surface area contributed by atoms with E-state index in [2.05, 4.69) is 21.6 Å². The SMILES string of the molecule is CC(=O)c1ccc(N2CCN(C(=O)c3cc(C)n(-c4ccccc4)c3C)CC2)cc1. The molecular formula is C25H27N3O2. The third kappa shape index (κ3) is 3.75. The van der Waals surface area contributed by atoms with Crippen LogP contribution < -0.4 is 4.90 Å². The molecule has 0 unspecified atom stereocenters. The fourth-order valence-corrected chi connectivity index (χ4v) is 4.20. The number of aromatic nitrogens is 1. The minimum Gasteiger partial charge on any atom is -0.368 e. The third-order valence-electron chi connectivity index (χ3n) is 5.88. The Morgan fingerprint density at radius 1 is 0.800 bits per heavy atom. The van der Waals surface area contributed by atoms with Gasteiger partial charge < -0.3 is 14.4 Å². The molecule has 1 amide bonds. The number of rotatable bonds is 4. The first-order valence-corrected chi connectivity index (χ1v) is 10.4. The van der Waals surface area contributed by atoms with Crippen LogP contribution in [0.1, 0.15) is 39.0 Å². The molecule has 5 heteroatoms. The number of hydrogen-bond donors (Lipinski definition) is 0. The van der Waals surface area contributed by atoms with Gasteiger partial charge >= 0.3 is 0 Å². The average molecular weight is 402 g/mol. The van der Waals surface area contributed by atoms with Gasteiger partial charge in [0.2, 0.25) is 0 Å². The number of aryl methyl sites for hydroxylation is 1. The van der Waals surface area contributed by atoms with Gasteiger partial charge in [0, 0.05) is 54.5 Å². The van der Waals surface area contributed by atoms with Crippen molar-refractivity contribution in [3.63, 3.8) is 0 Å². The molecule has 5 nitrogen and oxygen atoms in total. The molecule has 0 atom stereocenters. The number of hydrogen-bond acceptors (Lipinski definition) is 3. The molecule has 4 rings (SSSR count). The number of amides is 1. The van der Waals surface area contributed by atoms with Crippen molar-refractivity contribution in [1.82, 2.24) is 9.47 Å². The molecule has 0 saturated carbocycles. The second kappa shape index (κ2) is 8.19. The predicted octanol–water partition coefficient (Wildman–Crippen LogP) is 4.26. The van der Waals surface area contributed by atoms with E-state index in [-0.39, 0.29) is 11.7 Å². The quantitative estimate of drug-likeness (QED) is 0.614. The van der Waals surface area contributed by atoms with E-state index in [1.807, 2.05) is 67.3 Å². The summed E-state index contributed by atoms with van der Waals surface area (Å²) in [6.45, 7) is 8.56. The molecule has 0 aliphatic carbocycles. The Balaban J connectivity index is 1.47. The minimum absolute atomic E-state index is 0.0741. The molecule has 30 heavy (non-hydrogen) atoms. The van der Waals surface area contributed by atoms with Gasteiger partial charge in [0.25, 0.3) is 5.91 Å². The lowest BCUT2D eigenvalue weighted by atomic mass is 10.1. The largest absolute Gasteiger partial charge is 0.368 e. The number of benzene rings is 2. The van der Waals surface area contributed by atoms with E-state index in [1.54, 1.807) is 6.92 Å². The predicted molar refractivity (Wildman–Crippen MR) is 120 cm³/mol. The molecule has 0 radical (unpaired) electrons. The molecule has 1 fully saturated rings. The molecule has 2 heterocycles. The molecule has 1 aromatic heterocycles. The molecule has 0 N–H and O–H groups in total. The highest BCUT2D eigenvalue weighted by Gasteiger charge is 2.25. The molecule has 0 bridgehead atoms. The molecule has 0 spiro atoms. The van der Waals surface area contributed by atoms with Crippen LogP contribution in [0, 0.1) is 13.8 Å². The average Bonchev–Trinajstić information content (AvgIpc) is 3.08.